The van der Waals surface area contributed by atoms with E-state index in [4.69, 9.17) is 4.74 Å². The molecule has 1 N–H and O–H groups in total. The van der Waals surface area contributed by atoms with E-state index in [-0.39, 0.29) is 5.69 Å². The molecule has 2 aromatic carbocycles. The molecule has 0 aromatic heterocycles. The van der Waals surface area contributed by atoms with Crippen molar-refractivity contribution in [3.8, 4) is 5.75 Å². The molecule has 108 valence electrons. The zero-order valence-electron chi connectivity index (χ0n) is 11.4. The first-order valence-corrected chi connectivity index (χ1v) is 6.37. The van der Waals surface area contributed by atoms with Gasteiger partial charge < -0.3 is 10.1 Å². The van der Waals surface area contributed by atoms with Crippen LogP contribution >= 0.6 is 0 Å². The molecule has 2 aromatic rings. The maximum absolute atomic E-state index is 13.4. The minimum Gasteiger partial charge on any atom is -0.481 e. The van der Waals surface area contributed by atoms with Crippen molar-refractivity contribution < 1.29 is 18.7 Å². The zero-order chi connectivity index (χ0) is 15.2. The molecule has 2 rings (SSSR count). The molecule has 1 atom stereocenters. The quantitative estimate of drug-likeness (QED) is 0.860. The van der Waals surface area contributed by atoms with Gasteiger partial charge in [0.1, 0.15) is 17.9 Å². The Morgan fingerprint density at radius 2 is 2.00 bits per heavy atom. The number of halogens is 1. The van der Waals surface area contributed by atoms with Gasteiger partial charge in [-0.3, -0.25) is 9.59 Å². The van der Waals surface area contributed by atoms with Gasteiger partial charge in [-0.05, 0) is 31.2 Å². The maximum Gasteiger partial charge on any atom is 0.265 e. The molecule has 4 nitrogen and oxygen atoms in total. The molecule has 0 saturated heterocycles. The van der Waals surface area contributed by atoms with Crippen LogP contribution in [0.3, 0.4) is 0 Å². The van der Waals surface area contributed by atoms with E-state index in [9.17, 15) is 14.0 Å². The molecule has 5 heteroatoms. The Hall–Kier alpha value is -2.69. The van der Waals surface area contributed by atoms with Gasteiger partial charge in [0.2, 0.25) is 0 Å². The van der Waals surface area contributed by atoms with Crippen molar-refractivity contribution in [2.45, 2.75) is 13.0 Å². The second-order valence-electron chi connectivity index (χ2n) is 4.42. The molecule has 0 bridgehead atoms. The third kappa shape index (κ3) is 3.89. The van der Waals surface area contributed by atoms with Gasteiger partial charge in [0.15, 0.2) is 6.10 Å². The molecular formula is C16H14FNO3. The second-order valence-corrected chi connectivity index (χ2v) is 4.42. The molecule has 0 unspecified atom stereocenters. The highest BCUT2D eigenvalue weighted by Gasteiger charge is 2.16. The highest BCUT2D eigenvalue weighted by Crippen LogP contribution is 2.16. The van der Waals surface area contributed by atoms with Gasteiger partial charge in [-0.25, -0.2) is 4.39 Å². The van der Waals surface area contributed by atoms with E-state index in [2.05, 4.69) is 5.32 Å². The fraction of sp³-hybridized carbons (Fsp3) is 0.125. The lowest BCUT2D eigenvalue weighted by Crippen LogP contribution is -2.30. The largest absolute Gasteiger partial charge is 0.481 e. The Balaban J connectivity index is 2.02. The van der Waals surface area contributed by atoms with E-state index >= 15 is 0 Å². The molecule has 21 heavy (non-hydrogen) atoms. The second kappa shape index (κ2) is 6.65. The first-order chi connectivity index (χ1) is 10.1. The van der Waals surface area contributed by atoms with Gasteiger partial charge in [-0.1, -0.05) is 24.3 Å². The Morgan fingerprint density at radius 3 is 2.71 bits per heavy atom. The van der Waals surface area contributed by atoms with Crippen LogP contribution in [0.1, 0.15) is 17.3 Å². The monoisotopic (exact) mass is 287 g/mol. The summed E-state index contributed by atoms with van der Waals surface area (Å²) in [5.74, 6) is -0.589. The van der Waals surface area contributed by atoms with Crippen molar-refractivity contribution in [1.29, 1.82) is 0 Å². The molecule has 0 radical (unpaired) electrons. The number of nitrogens with one attached hydrogen (secondary N) is 1. The lowest BCUT2D eigenvalue weighted by atomic mass is 10.2. The predicted molar refractivity (Wildman–Crippen MR) is 76.9 cm³/mol. The predicted octanol–water partition coefficient (Wildman–Crippen LogP) is 3.04. The van der Waals surface area contributed by atoms with Crippen LogP contribution < -0.4 is 10.1 Å². The Kier molecular flexibility index (Phi) is 4.66. The molecule has 0 saturated carbocycles. The van der Waals surface area contributed by atoms with Crippen molar-refractivity contribution in [3.63, 3.8) is 0 Å². The van der Waals surface area contributed by atoms with E-state index < -0.39 is 17.8 Å². The minimum atomic E-state index is -0.827. The third-order valence-electron chi connectivity index (χ3n) is 2.81. The number of rotatable bonds is 5. The third-order valence-corrected chi connectivity index (χ3v) is 2.81. The Labute approximate surface area is 121 Å². The lowest BCUT2D eigenvalue weighted by molar-refractivity contribution is -0.122. The maximum atomic E-state index is 13.4. The number of ether oxygens (including phenoxy) is 1. The molecule has 0 aliphatic carbocycles. The molecule has 0 spiro atoms. The van der Waals surface area contributed by atoms with Crippen LogP contribution in [0, 0.1) is 5.82 Å². The lowest BCUT2D eigenvalue weighted by Gasteiger charge is -2.15. The van der Waals surface area contributed by atoms with Crippen LogP contribution in [0.4, 0.5) is 10.1 Å². The number of carbonyl (C=O) groups is 2. The number of para-hydroxylation sites is 1. The van der Waals surface area contributed by atoms with Gasteiger partial charge in [0.05, 0.1) is 5.69 Å². The fourth-order valence-electron chi connectivity index (χ4n) is 1.72. The van der Waals surface area contributed by atoms with Crippen LogP contribution in [0.25, 0.3) is 0 Å². The smallest absolute Gasteiger partial charge is 0.265 e. The average molecular weight is 287 g/mol. The first-order valence-electron chi connectivity index (χ1n) is 6.37. The van der Waals surface area contributed by atoms with Gasteiger partial charge in [-0.2, -0.15) is 0 Å². The molecule has 0 aliphatic rings. The van der Waals surface area contributed by atoms with E-state index in [1.165, 1.54) is 24.3 Å². The molecule has 0 aliphatic heterocycles. The molecule has 0 fully saturated rings. The van der Waals surface area contributed by atoms with Gasteiger partial charge >= 0.3 is 0 Å². The van der Waals surface area contributed by atoms with Crippen molar-refractivity contribution in [3.05, 3.63) is 59.9 Å². The summed E-state index contributed by atoms with van der Waals surface area (Å²) in [5, 5.41) is 2.45. The number of anilines is 1. The topological polar surface area (TPSA) is 55.4 Å². The highest BCUT2D eigenvalue weighted by atomic mass is 19.1. The van der Waals surface area contributed by atoms with Crippen molar-refractivity contribution >= 4 is 17.9 Å². The number of benzene rings is 2. The summed E-state index contributed by atoms with van der Waals surface area (Å²) in [7, 11) is 0. The normalized spacial score (nSPS) is 11.5. The number of hydrogen-bond acceptors (Lipinski definition) is 3. The number of aldehydes is 1. The number of amides is 1. The summed E-state index contributed by atoms with van der Waals surface area (Å²) in [4.78, 5) is 22.6. The number of carbonyl (C=O) groups excluding carboxylic acids is 2. The summed E-state index contributed by atoms with van der Waals surface area (Å²) in [6, 6.07) is 12.3. The summed E-state index contributed by atoms with van der Waals surface area (Å²) >= 11 is 0. The SMILES string of the molecule is C[C@@H](Oc1cccc(C=O)c1)C(=O)Nc1ccccc1F. The van der Waals surface area contributed by atoms with Gasteiger partial charge in [0.25, 0.3) is 5.91 Å². The average Bonchev–Trinajstić information content (AvgIpc) is 2.49. The minimum absolute atomic E-state index is 0.0968. The standard InChI is InChI=1S/C16H14FNO3/c1-11(21-13-6-4-5-12(9-13)10-19)16(20)18-15-8-3-2-7-14(15)17/h2-11H,1H3,(H,18,20)/t11-/m1/s1. The van der Waals surface area contributed by atoms with E-state index in [1.54, 1.807) is 31.2 Å². The van der Waals surface area contributed by atoms with Crippen LogP contribution in [-0.2, 0) is 4.79 Å². The first kappa shape index (κ1) is 14.7. The van der Waals surface area contributed by atoms with Gasteiger partial charge in [-0.15, -0.1) is 0 Å². The van der Waals surface area contributed by atoms with Crippen molar-refractivity contribution in [1.82, 2.24) is 0 Å². The van der Waals surface area contributed by atoms with Crippen LogP contribution in [0.2, 0.25) is 0 Å². The Morgan fingerprint density at radius 1 is 1.24 bits per heavy atom. The molecular weight excluding hydrogens is 273 g/mol. The fourth-order valence-corrected chi connectivity index (χ4v) is 1.72. The van der Waals surface area contributed by atoms with Crippen LogP contribution in [0.5, 0.6) is 5.75 Å². The van der Waals surface area contributed by atoms with Gasteiger partial charge in [0, 0.05) is 5.56 Å². The Bertz CT molecular complexity index is 657. The van der Waals surface area contributed by atoms with Crippen molar-refractivity contribution in [2.75, 3.05) is 5.32 Å². The summed E-state index contributed by atoms with van der Waals surface area (Å²) in [6.07, 6.45) is -0.136. The van der Waals surface area contributed by atoms with E-state index in [0.29, 0.717) is 17.6 Å². The van der Waals surface area contributed by atoms with E-state index in [0.717, 1.165) is 0 Å². The summed E-state index contributed by atoms with van der Waals surface area (Å²) in [6.45, 7) is 1.55. The highest BCUT2D eigenvalue weighted by molar-refractivity contribution is 5.94. The summed E-state index contributed by atoms with van der Waals surface area (Å²) in [5.41, 5.74) is 0.550. The van der Waals surface area contributed by atoms with E-state index in [1.807, 2.05) is 0 Å². The van der Waals surface area contributed by atoms with Crippen LogP contribution in [-0.4, -0.2) is 18.3 Å². The number of hydrogen-bond donors (Lipinski definition) is 1. The summed E-state index contributed by atoms with van der Waals surface area (Å²) < 4.78 is 18.9. The van der Waals surface area contributed by atoms with Crippen LogP contribution in [0.15, 0.2) is 48.5 Å². The zero-order valence-corrected chi connectivity index (χ0v) is 11.4. The van der Waals surface area contributed by atoms with Crippen molar-refractivity contribution in [2.24, 2.45) is 0 Å². The molecule has 1 amide bonds. The molecule has 0 heterocycles.